The first kappa shape index (κ1) is 14.6. The number of carbonyl (C=O) groups is 1. The molecule has 0 spiro atoms. The highest BCUT2D eigenvalue weighted by molar-refractivity contribution is 5.93. The van der Waals surface area contributed by atoms with Gasteiger partial charge in [0.15, 0.2) is 0 Å². The van der Waals surface area contributed by atoms with Crippen molar-refractivity contribution in [3.05, 3.63) is 23.8 Å². The quantitative estimate of drug-likeness (QED) is 0.814. The SMILES string of the molecule is CCn1nnc2cc(C(=O)O[C@H]3[C@H]4CCO[C@@H]4C3(C)C)ccc21. The number of ether oxygens (including phenoxy) is 2. The Morgan fingerprint density at radius 3 is 3.09 bits per heavy atom. The molecule has 23 heavy (non-hydrogen) atoms. The fraction of sp³-hybridized carbons (Fsp3) is 0.588. The first-order valence-electron chi connectivity index (χ1n) is 8.18. The predicted molar refractivity (Wildman–Crippen MR) is 84.0 cm³/mol. The first-order chi connectivity index (χ1) is 11.0. The molecule has 6 nitrogen and oxygen atoms in total. The summed E-state index contributed by atoms with van der Waals surface area (Å²) in [6, 6.07) is 5.42. The third kappa shape index (κ3) is 2.08. The predicted octanol–water partition coefficient (Wildman–Crippen LogP) is 2.42. The molecule has 1 aromatic heterocycles. The van der Waals surface area contributed by atoms with Crippen molar-refractivity contribution < 1.29 is 14.3 Å². The number of aryl methyl sites for hydroxylation is 1. The Hall–Kier alpha value is -1.95. The summed E-state index contributed by atoms with van der Waals surface area (Å²) in [5.74, 6) is 0.0417. The standard InChI is InChI=1S/C17H21N3O3/c1-4-20-13-6-5-10(9-12(13)18-19-20)16(21)23-15-11-7-8-22-14(11)17(15,2)3/h5-6,9,11,14-15H,4,7-8H2,1-3H3/t11-,14-,15-/m0/s1. The minimum Gasteiger partial charge on any atom is -0.458 e. The Morgan fingerprint density at radius 1 is 1.48 bits per heavy atom. The van der Waals surface area contributed by atoms with Gasteiger partial charge in [-0.25, -0.2) is 9.48 Å². The van der Waals surface area contributed by atoms with Gasteiger partial charge in [-0.15, -0.1) is 5.10 Å². The molecule has 1 aliphatic carbocycles. The van der Waals surface area contributed by atoms with E-state index in [0.29, 0.717) is 11.5 Å². The first-order valence-corrected chi connectivity index (χ1v) is 8.18. The smallest absolute Gasteiger partial charge is 0.338 e. The summed E-state index contributed by atoms with van der Waals surface area (Å²) >= 11 is 0. The lowest BCUT2D eigenvalue weighted by atomic mass is 9.59. The third-order valence-electron chi connectivity index (χ3n) is 5.28. The molecule has 3 atom stereocenters. The summed E-state index contributed by atoms with van der Waals surface area (Å²) in [6.45, 7) is 7.73. The molecular weight excluding hydrogens is 294 g/mol. The molecule has 2 aromatic rings. The third-order valence-corrected chi connectivity index (χ3v) is 5.28. The number of esters is 1. The van der Waals surface area contributed by atoms with Crippen LogP contribution in [0, 0.1) is 11.3 Å². The molecule has 0 N–H and O–H groups in total. The molecule has 1 saturated heterocycles. The number of fused-ring (bicyclic) bond motifs is 2. The van der Waals surface area contributed by atoms with E-state index in [1.807, 2.05) is 13.0 Å². The van der Waals surface area contributed by atoms with Crippen LogP contribution in [-0.2, 0) is 16.0 Å². The van der Waals surface area contributed by atoms with Crippen LogP contribution >= 0.6 is 0 Å². The topological polar surface area (TPSA) is 66.2 Å². The van der Waals surface area contributed by atoms with Crippen molar-refractivity contribution in [3.63, 3.8) is 0 Å². The normalized spacial score (nSPS) is 28.4. The molecule has 0 radical (unpaired) electrons. The van der Waals surface area contributed by atoms with Crippen LogP contribution in [0.4, 0.5) is 0 Å². The zero-order valence-electron chi connectivity index (χ0n) is 13.7. The second kappa shape index (κ2) is 5.03. The van der Waals surface area contributed by atoms with Crippen molar-refractivity contribution in [1.82, 2.24) is 15.0 Å². The lowest BCUT2D eigenvalue weighted by molar-refractivity contribution is -0.183. The van der Waals surface area contributed by atoms with Gasteiger partial charge in [0.25, 0.3) is 0 Å². The van der Waals surface area contributed by atoms with Crippen LogP contribution in [-0.4, -0.2) is 39.8 Å². The molecule has 1 aliphatic heterocycles. The summed E-state index contributed by atoms with van der Waals surface area (Å²) in [5.41, 5.74) is 2.05. The zero-order chi connectivity index (χ0) is 16.2. The molecule has 4 rings (SSSR count). The van der Waals surface area contributed by atoms with Crippen LogP contribution in [0.2, 0.25) is 0 Å². The lowest BCUT2D eigenvalue weighted by Crippen LogP contribution is -2.61. The number of carbonyl (C=O) groups excluding carboxylic acids is 1. The van der Waals surface area contributed by atoms with E-state index in [4.69, 9.17) is 9.47 Å². The van der Waals surface area contributed by atoms with E-state index in [1.165, 1.54) is 0 Å². The summed E-state index contributed by atoms with van der Waals surface area (Å²) in [7, 11) is 0. The average Bonchev–Trinajstić information content (AvgIpc) is 3.16. The molecule has 1 saturated carbocycles. The summed E-state index contributed by atoms with van der Waals surface area (Å²) in [5, 5.41) is 8.18. The van der Waals surface area contributed by atoms with E-state index in [9.17, 15) is 4.79 Å². The van der Waals surface area contributed by atoms with Gasteiger partial charge in [-0.1, -0.05) is 19.1 Å². The van der Waals surface area contributed by atoms with Gasteiger partial charge in [-0.2, -0.15) is 0 Å². The maximum absolute atomic E-state index is 12.5. The van der Waals surface area contributed by atoms with Gasteiger partial charge in [0.2, 0.25) is 0 Å². The van der Waals surface area contributed by atoms with Crippen molar-refractivity contribution >= 4 is 17.0 Å². The molecule has 122 valence electrons. The Morgan fingerprint density at radius 2 is 2.30 bits per heavy atom. The highest BCUT2D eigenvalue weighted by Gasteiger charge is 2.61. The van der Waals surface area contributed by atoms with Crippen LogP contribution in [0.5, 0.6) is 0 Å². The maximum atomic E-state index is 12.5. The monoisotopic (exact) mass is 315 g/mol. The van der Waals surface area contributed by atoms with Crippen LogP contribution in [0.15, 0.2) is 18.2 Å². The number of hydrogen-bond donors (Lipinski definition) is 0. The van der Waals surface area contributed by atoms with Crippen LogP contribution in [0.1, 0.15) is 37.6 Å². The molecule has 1 aromatic carbocycles. The summed E-state index contributed by atoms with van der Waals surface area (Å²) in [6.07, 6.45) is 1.10. The van der Waals surface area contributed by atoms with E-state index in [2.05, 4.69) is 24.2 Å². The van der Waals surface area contributed by atoms with E-state index in [0.717, 1.165) is 30.6 Å². The van der Waals surface area contributed by atoms with Crippen molar-refractivity contribution in [3.8, 4) is 0 Å². The van der Waals surface area contributed by atoms with E-state index in [-0.39, 0.29) is 23.6 Å². The fourth-order valence-electron chi connectivity index (χ4n) is 4.03. The van der Waals surface area contributed by atoms with Crippen molar-refractivity contribution in [2.45, 2.75) is 45.9 Å². The number of rotatable bonds is 3. The zero-order valence-corrected chi connectivity index (χ0v) is 13.7. The second-order valence-corrected chi connectivity index (χ2v) is 7.00. The van der Waals surface area contributed by atoms with Gasteiger partial charge >= 0.3 is 5.97 Å². The van der Waals surface area contributed by atoms with Gasteiger partial charge in [0.05, 0.1) is 17.2 Å². The van der Waals surface area contributed by atoms with Gasteiger partial charge in [0, 0.05) is 24.5 Å². The number of aromatic nitrogens is 3. The summed E-state index contributed by atoms with van der Waals surface area (Å²) < 4.78 is 13.4. The highest BCUT2D eigenvalue weighted by atomic mass is 16.6. The Labute approximate surface area is 134 Å². The van der Waals surface area contributed by atoms with Gasteiger partial charge in [-0.3, -0.25) is 0 Å². The van der Waals surface area contributed by atoms with E-state index >= 15 is 0 Å². The second-order valence-electron chi connectivity index (χ2n) is 7.00. The molecule has 0 bridgehead atoms. The largest absolute Gasteiger partial charge is 0.458 e. The van der Waals surface area contributed by atoms with Crippen LogP contribution < -0.4 is 0 Å². The van der Waals surface area contributed by atoms with Gasteiger partial charge in [-0.05, 0) is 31.5 Å². The maximum Gasteiger partial charge on any atom is 0.338 e. The molecule has 2 heterocycles. The lowest BCUT2D eigenvalue weighted by Gasteiger charge is -2.53. The van der Waals surface area contributed by atoms with E-state index in [1.54, 1.807) is 16.8 Å². The Balaban J connectivity index is 1.55. The highest BCUT2D eigenvalue weighted by Crippen LogP contribution is 2.53. The molecule has 2 aliphatic rings. The number of hydrogen-bond acceptors (Lipinski definition) is 5. The molecular formula is C17H21N3O3. The van der Waals surface area contributed by atoms with Crippen LogP contribution in [0.3, 0.4) is 0 Å². The minimum atomic E-state index is -0.290. The van der Waals surface area contributed by atoms with Gasteiger partial charge in [0.1, 0.15) is 11.6 Å². The Bertz CT molecular complexity index is 768. The van der Waals surface area contributed by atoms with Crippen molar-refractivity contribution in [2.24, 2.45) is 11.3 Å². The Kier molecular flexibility index (Phi) is 3.20. The molecule has 0 unspecified atom stereocenters. The number of nitrogens with zero attached hydrogens (tertiary/aromatic N) is 3. The van der Waals surface area contributed by atoms with Gasteiger partial charge < -0.3 is 9.47 Å². The van der Waals surface area contributed by atoms with Crippen molar-refractivity contribution in [1.29, 1.82) is 0 Å². The molecule has 6 heteroatoms. The van der Waals surface area contributed by atoms with E-state index < -0.39 is 0 Å². The molecule has 0 amide bonds. The van der Waals surface area contributed by atoms with Crippen LogP contribution in [0.25, 0.3) is 11.0 Å². The fourth-order valence-corrected chi connectivity index (χ4v) is 4.03. The average molecular weight is 315 g/mol. The molecule has 2 fully saturated rings. The minimum absolute atomic E-state index is 0.0791. The van der Waals surface area contributed by atoms with Crippen molar-refractivity contribution in [2.75, 3.05) is 6.61 Å². The number of benzene rings is 1. The summed E-state index contributed by atoms with van der Waals surface area (Å²) in [4.78, 5) is 12.5.